The van der Waals surface area contributed by atoms with Crippen LogP contribution < -0.4 is 19.7 Å². The molecular weight excluding hydrogens is 476 g/mol. The molecule has 2 aromatic carbocycles. The van der Waals surface area contributed by atoms with E-state index < -0.39 is 6.04 Å². The van der Waals surface area contributed by atoms with Gasteiger partial charge in [-0.2, -0.15) is 0 Å². The lowest BCUT2D eigenvalue weighted by Gasteiger charge is -2.30. The first-order chi connectivity index (χ1) is 17.5. The van der Waals surface area contributed by atoms with E-state index in [2.05, 4.69) is 5.32 Å². The highest BCUT2D eigenvalue weighted by Gasteiger charge is 2.35. The first kappa shape index (κ1) is 25.1. The van der Waals surface area contributed by atoms with Gasteiger partial charge in [0.2, 0.25) is 5.91 Å². The summed E-state index contributed by atoms with van der Waals surface area (Å²) in [5.74, 6) is 1.75. The third-order valence-corrected chi connectivity index (χ3v) is 6.55. The van der Waals surface area contributed by atoms with Crippen LogP contribution in [0.2, 0.25) is 0 Å². The molecule has 0 bridgehead atoms. The molecular formula is C28H28N2O5S. The Morgan fingerprint density at radius 1 is 0.972 bits per heavy atom. The van der Waals surface area contributed by atoms with Crippen molar-refractivity contribution in [2.24, 2.45) is 0 Å². The lowest BCUT2D eigenvalue weighted by atomic mass is 10.1. The van der Waals surface area contributed by atoms with Gasteiger partial charge in [0.1, 0.15) is 23.0 Å². The number of thiophene rings is 1. The van der Waals surface area contributed by atoms with Gasteiger partial charge in [-0.1, -0.05) is 24.3 Å². The molecule has 1 N–H and O–H groups in total. The quantitative estimate of drug-likeness (QED) is 0.317. The molecule has 0 spiro atoms. The third-order valence-electron chi connectivity index (χ3n) is 5.67. The number of benzene rings is 2. The van der Waals surface area contributed by atoms with Crippen molar-refractivity contribution in [2.45, 2.75) is 25.9 Å². The van der Waals surface area contributed by atoms with Crippen molar-refractivity contribution in [3.05, 3.63) is 100 Å². The van der Waals surface area contributed by atoms with Gasteiger partial charge in [0.25, 0.3) is 5.91 Å². The zero-order chi connectivity index (χ0) is 25.5. The highest BCUT2D eigenvalue weighted by atomic mass is 32.1. The lowest BCUT2D eigenvalue weighted by molar-refractivity contribution is -0.127. The molecule has 2 amide bonds. The maximum absolute atomic E-state index is 13.7. The monoisotopic (exact) mass is 504 g/mol. The summed E-state index contributed by atoms with van der Waals surface area (Å²) in [4.78, 5) is 29.8. The van der Waals surface area contributed by atoms with Crippen LogP contribution >= 0.6 is 11.3 Å². The minimum atomic E-state index is -1.02. The molecule has 0 saturated carbocycles. The number of rotatable bonds is 10. The Balaban J connectivity index is 1.69. The predicted molar refractivity (Wildman–Crippen MR) is 140 cm³/mol. The molecule has 186 valence electrons. The summed E-state index contributed by atoms with van der Waals surface area (Å²) >= 11 is 1.50. The van der Waals surface area contributed by atoms with Gasteiger partial charge in [-0.3, -0.25) is 14.5 Å². The van der Waals surface area contributed by atoms with Gasteiger partial charge in [0, 0.05) is 23.2 Å². The number of carbonyl (C=O) groups is 2. The van der Waals surface area contributed by atoms with Crippen LogP contribution in [0.5, 0.6) is 11.5 Å². The van der Waals surface area contributed by atoms with E-state index in [1.165, 1.54) is 16.2 Å². The fourth-order valence-corrected chi connectivity index (χ4v) is 4.54. The summed E-state index contributed by atoms with van der Waals surface area (Å²) in [6.07, 6.45) is 0.150. The molecule has 0 aliphatic rings. The highest BCUT2D eigenvalue weighted by Crippen LogP contribution is 2.32. The van der Waals surface area contributed by atoms with Crippen molar-refractivity contribution >= 4 is 28.8 Å². The van der Waals surface area contributed by atoms with Crippen molar-refractivity contribution in [3.8, 4) is 11.5 Å². The number of hydrogen-bond donors (Lipinski definition) is 1. The molecule has 36 heavy (non-hydrogen) atoms. The van der Waals surface area contributed by atoms with E-state index >= 15 is 0 Å². The average Bonchev–Trinajstić information content (AvgIpc) is 3.57. The summed E-state index contributed by atoms with van der Waals surface area (Å²) in [6, 6.07) is 20.9. The second kappa shape index (κ2) is 11.6. The molecule has 0 aliphatic carbocycles. The van der Waals surface area contributed by atoms with Crippen LogP contribution in [-0.2, 0) is 22.6 Å². The molecule has 2 aromatic heterocycles. The minimum absolute atomic E-state index is 0.150. The number of nitrogens with zero attached hydrogens (tertiary/aromatic N) is 1. The first-order valence-corrected chi connectivity index (χ1v) is 12.3. The molecule has 4 aromatic rings. The number of methoxy groups -OCH3 is 2. The summed E-state index contributed by atoms with van der Waals surface area (Å²) in [5.41, 5.74) is 1.44. The van der Waals surface area contributed by atoms with Crippen molar-refractivity contribution in [1.29, 1.82) is 0 Å². The molecule has 1 unspecified atom stereocenters. The number of furan rings is 1. The Bertz CT molecular complexity index is 1300. The zero-order valence-electron chi connectivity index (χ0n) is 20.4. The molecule has 0 radical (unpaired) electrons. The first-order valence-electron chi connectivity index (χ1n) is 11.4. The number of hydrogen-bond acceptors (Lipinski definition) is 6. The second-order valence-electron chi connectivity index (χ2n) is 8.14. The van der Waals surface area contributed by atoms with Crippen LogP contribution in [0.3, 0.4) is 0 Å². The van der Waals surface area contributed by atoms with Crippen LogP contribution in [-0.4, -0.2) is 26.0 Å². The molecule has 2 heterocycles. The SMILES string of the molecule is COc1ccc(CNC(=O)C(c2ccc(C)o2)N(C(=O)Cc2cccs2)c2cccc(OC)c2)cc1. The maximum Gasteiger partial charge on any atom is 0.251 e. The van der Waals surface area contributed by atoms with E-state index in [0.29, 0.717) is 23.0 Å². The Hall–Kier alpha value is -4.04. The van der Waals surface area contributed by atoms with Gasteiger partial charge in [0.05, 0.1) is 20.6 Å². The van der Waals surface area contributed by atoms with Crippen LogP contribution in [0.1, 0.15) is 28.0 Å². The maximum atomic E-state index is 13.7. The Labute approximate surface area is 214 Å². The van der Waals surface area contributed by atoms with Gasteiger partial charge >= 0.3 is 0 Å². The molecule has 0 fully saturated rings. The van der Waals surface area contributed by atoms with E-state index in [-0.39, 0.29) is 24.8 Å². The van der Waals surface area contributed by atoms with Crippen LogP contribution in [0.15, 0.2) is 82.6 Å². The zero-order valence-corrected chi connectivity index (χ0v) is 21.2. The molecule has 0 saturated heterocycles. The van der Waals surface area contributed by atoms with Gasteiger partial charge < -0.3 is 19.2 Å². The predicted octanol–water partition coefficient (Wildman–Crippen LogP) is 5.30. The minimum Gasteiger partial charge on any atom is -0.497 e. The van der Waals surface area contributed by atoms with Crippen molar-refractivity contribution in [3.63, 3.8) is 0 Å². The largest absolute Gasteiger partial charge is 0.497 e. The van der Waals surface area contributed by atoms with E-state index in [9.17, 15) is 9.59 Å². The Morgan fingerprint density at radius 2 is 1.75 bits per heavy atom. The van der Waals surface area contributed by atoms with Crippen molar-refractivity contribution < 1.29 is 23.5 Å². The van der Waals surface area contributed by atoms with Gasteiger partial charge in [-0.25, -0.2) is 0 Å². The van der Waals surface area contributed by atoms with Gasteiger partial charge in [0.15, 0.2) is 6.04 Å². The lowest BCUT2D eigenvalue weighted by Crippen LogP contribution is -2.44. The molecule has 4 rings (SSSR count). The molecule has 8 heteroatoms. The standard InChI is InChI=1S/C28H28N2O5S/c1-19-9-14-25(35-19)27(28(32)29-18-20-10-12-22(33-2)13-11-20)30(21-6-4-7-23(16-21)34-3)26(31)17-24-8-5-15-36-24/h4-16,27H,17-18H2,1-3H3,(H,29,32). The summed E-state index contributed by atoms with van der Waals surface area (Å²) in [7, 11) is 3.17. The molecule has 1 atom stereocenters. The van der Waals surface area contributed by atoms with Crippen LogP contribution in [0.4, 0.5) is 5.69 Å². The highest BCUT2D eigenvalue weighted by molar-refractivity contribution is 7.10. The molecule has 7 nitrogen and oxygen atoms in total. The fraction of sp³-hybridized carbons (Fsp3) is 0.214. The number of aryl methyl sites for hydroxylation is 1. The summed E-state index contributed by atoms with van der Waals surface area (Å²) in [5, 5.41) is 4.90. The Morgan fingerprint density at radius 3 is 2.39 bits per heavy atom. The van der Waals surface area contributed by atoms with E-state index in [4.69, 9.17) is 13.9 Å². The van der Waals surface area contributed by atoms with E-state index in [1.807, 2.05) is 41.8 Å². The molecule has 0 aliphatic heterocycles. The number of ether oxygens (including phenoxy) is 2. The fourth-order valence-electron chi connectivity index (χ4n) is 3.85. The second-order valence-corrected chi connectivity index (χ2v) is 9.17. The number of carbonyl (C=O) groups excluding carboxylic acids is 2. The van der Waals surface area contributed by atoms with Gasteiger partial charge in [-0.05, 0) is 60.3 Å². The summed E-state index contributed by atoms with van der Waals surface area (Å²) in [6.45, 7) is 2.09. The van der Waals surface area contributed by atoms with Crippen LogP contribution in [0.25, 0.3) is 0 Å². The van der Waals surface area contributed by atoms with E-state index in [0.717, 1.165) is 16.2 Å². The number of amides is 2. The number of anilines is 1. The summed E-state index contributed by atoms with van der Waals surface area (Å²) < 4.78 is 16.5. The van der Waals surface area contributed by atoms with Crippen LogP contribution in [0, 0.1) is 6.92 Å². The van der Waals surface area contributed by atoms with Crippen molar-refractivity contribution in [2.75, 3.05) is 19.1 Å². The average molecular weight is 505 g/mol. The van der Waals surface area contributed by atoms with Crippen molar-refractivity contribution in [1.82, 2.24) is 5.32 Å². The third kappa shape index (κ3) is 5.95. The Kier molecular flexibility index (Phi) is 8.07. The smallest absolute Gasteiger partial charge is 0.251 e. The normalized spacial score (nSPS) is 11.5. The topological polar surface area (TPSA) is 81.0 Å². The number of nitrogens with one attached hydrogen (secondary N) is 1. The van der Waals surface area contributed by atoms with E-state index in [1.54, 1.807) is 57.5 Å². The van der Waals surface area contributed by atoms with Gasteiger partial charge in [-0.15, -0.1) is 11.3 Å².